The molecule has 0 fully saturated rings. The topological polar surface area (TPSA) is 156 Å². The van der Waals surface area contributed by atoms with Gasteiger partial charge in [-0.25, -0.2) is 9.97 Å². The van der Waals surface area contributed by atoms with E-state index in [-0.39, 0.29) is 0 Å². The Morgan fingerprint density at radius 1 is 0.972 bits per heavy atom. The summed E-state index contributed by atoms with van der Waals surface area (Å²) in [5.41, 5.74) is 5.69. The summed E-state index contributed by atoms with van der Waals surface area (Å²) in [6.45, 7) is -0.780. The number of benzene rings is 2. The maximum absolute atomic E-state index is 10.1. The van der Waals surface area contributed by atoms with Gasteiger partial charge in [-0.05, 0) is 23.8 Å². The number of anilines is 1. The number of aliphatic hydroxyl groups is 5. The fraction of sp³-hybridized carbons (Fsp3) is 0.208. The molecule has 6 N–H and O–H groups in total. The van der Waals surface area contributed by atoms with Gasteiger partial charge in [0.05, 0.1) is 28.3 Å². The number of hydrazone groups is 1. The number of fused-ring (bicyclic) bond motifs is 1. The minimum atomic E-state index is -1.78. The molecule has 4 aromatic rings. The van der Waals surface area contributed by atoms with Gasteiger partial charge in [-0.3, -0.25) is 5.43 Å². The summed E-state index contributed by atoms with van der Waals surface area (Å²) in [5.74, 6) is 0.312. The Labute approximate surface area is 215 Å². The van der Waals surface area contributed by atoms with Crippen molar-refractivity contribution in [2.45, 2.75) is 24.4 Å². The van der Waals surface area contributed by atoms with E-state index in [0.29, 0.717) is 26.9 Å². The second-order valence-electron chi connectivity index (χ2n) is 7.91. The molecule has 2 aromatic carbocycles. The van der Waals surface area contributed by atoms with Crippen molar-refractivity contribution in [3.63, 3.8) is 0 Å². The molecule has 188 valence electrons. The lowest BCUT2D eigenvalue weighted by molar-refractivity contribution is -0.0999. The van der Waals surface area contributed by atoms with Crippen LogP contribution < -0.4 is 5.43 Å². The molecule has 0 aliphatic rings. The van der Waals surface area contributed by atoms with E-state index < -0.39 is 31.0 Å². The Bertz CT molecular complexity index is 1370. The highest BCUT2D eigenvalue weighted by atomic mass is 35.5. The number of nitrogens with zero attached hydrogens (tertiary/aromatic N) is 4. The lowest BCUT2D eigenvalue weighted by Gasteiger charge is -2.23. The van der Waals surface area contributed by atoms with Gasteiger partial charge in [-0.1, -0.05) is 53.5 Å². The fourth-order valence-electron chi connectivity index (χ4n) is 3.62. The van der Waals surface area contributed by atoms with Crippen LogP contribution >= 0.6 is 23.2 Å². The van der Waals surface area contributed by atoms with Crippen LogP contribution in [0.5, 0.6) is 0 Å². The maximum atomic E-state index is 10.1. The number of rotatable bonds is 9. The first kappa shape index (κ1) is 26.0. The molecule has 2 aromatic heterocycles. The molecule has 12 heteroatoms. The lowest BCUT2D eigenvalue weighted by Crippen LogP contribution is -2.46. The SMILES string of the molecule is OC[C@@H](O)[C@@H](O)[C@H](O)[C@@H](O)/C=N/Nc1ncnc2c1c(-c1ccccc1)cn2-c1ccc(Cl)c(Cl)c1. The minimum Gasteiger partial charge on any atom is -0.394 e. The van der Waals surface area contributed by atoms with Crippen LogP contribution in [0.15, 0.2) is 66.2 Å². The Kier molecular flexibility index (Phi) is 8.17. The van der Waals surface area contributed by atoms with E-state index in [0.717, 1.165) is 23.0 Å². The van der Waals surface area contributed by atoms with Crippen LogP contribution in [-0.4, -0.2) is 77.3 Å². The Balaban J connectivity index is 1.73. The van der Waals surface area contributed by atoms with Gasteiger partial charge in [0.25, 0.3) is 0 Å². The first-order valence-electron chi connectivity index (χ1n) is 10.8. The molecule has 10 nitrogen and oxygen atoms in total. The summed E-state index contributed by atoms with van der Waals surface area (Å²) in [7, 11) is 0. The minimum absolute atomic E-state index is 0.312. The molecule has 0 radical (unpaired) electrons. The van der Waals surface area contributed by atoms with Crippen molar-refractivity contribution >= 4 is 46.3 Å². The van der Waals surface area contributed by atoms with Crippen molar-refractivity contribution in [2.24, 2.45) is 5.10 Å². The summed E-state index contributed by atoms with van der Waals surface area (Å²) in [6, 6.07) is 14.8. The second kappa shape index (κ2) is 11.3. The van der Waals surface area contributed by atoms with Crippen LogP contribution in [-0.2, 0) is 0 Å². The van der Waals surface area contributed by atoms with Gasteiger partial charge in [-0.2, -0.15) is 5.10 Å². The van der Waals surface area contributed by atoms with Crippen LogP contribution in [0.3, 0.4) is 0 Å². The van der Waals surface area contributed by atoms with Crippen LogP contribution in [0.2, 0.25) is 10.0 Å². The Morgan fingerprint density at radius 3 is 2.42 bits per heavy atom. The van der Waals surface area contributed by atoms with Gasteiger partial charge in [0.2, 0.25) is 0 Å². The maximum Gasteiger partial charge on any atom is 0.159 e. The molecule has 2 heterocycles. The lowest BCUT2D eigenvalue weighted by atomic mass is 10.0. The second-order valence-corrected chi connectivity index (χ2v) is 8.72. The molecular weight excluding hydrogens is 509 g/mol. The number of nitrogens with one attached hydrogen (secondary N) is 1. The normalized spacial score (nSPS) is 15.2. The average molecular weight is 532 g/mol. The van der Waals surface area contributed by atoms with E-state index in [9.17, 15) is 20.4 Å². The third kappa shape index (κ3) is 5.35. The molecule has 4 rings (SSSR count). The van der Waals surface area contributed by atoms with E-state index in [1.807, 2.05) is 41.1 Å². The molecule has 0 aliphatic heterocycles. The zero-order valence-electron chi connectivity index (χ0n) is 18.6. The van der Waals surface area contributed by atoms with Gasteiger partial charge < -0.3 is 30.1 Å². The molecule has 4 atom stereocenters. The van der Waals surface area contributed by atoms with Gasteiger partial charge in [0, 0.05) is 17.4 Å². The van der Waals surface area contributed by atoms with Gasteiger partial charge in [0.1, 0.15) is 30.7 Å². The predicted molar refractivity (Wildman–Crippen MR) is 138 cm³/mol. The van der Waals surface area contributed by atoms with Crippen molar-refractivity contribution in [1.29, 1.82) is 0 Å². The van der Waals surface area contributed by atoms with E-state index in [1.54, 1.807) is 18.2 Å². The van der Waals surface area contributed by atoms with Crippen molar-refractivity contribution < 1.29 is 25.5 Å². The molecule has 0 unspecified atom stereocenters. The van der Waals surface area contributed by atoms with Crippen molar-refractivity contribution in [3.05, 3.63) is 71.1 Å². The molecule has 0 bridgehead atoms. The quantitative estimate of drug-likeness (QED) is 0.142. The zero-order chi connectivity index (χ0) is 25.8. The third-order valence-electron chi connectivity index (χ3n) is 5.53. The Morgan fingerprint density at radius 2 is 1.72 bits per heavy atom. The van der Waals surface area contributed by atoms with Crippen molar-refractivity contribution in [1.82, 2.24) is 14.5 Å². The van der Waals surface area contributed by atoms with E-state index in [4.69, 9.17) is 28.3 Å². The number of aromatic nitrogens is 3. The highest BCUT2D eigenvalue weighted by Crippen LogP contribution is 2.36. The molecule has 36 heavy (non-hydrogen) atoms. The fourth-order valence-corrected chi connectivity index (χ4v) is 3.91. The van der Waals surface area contributed by atoms with E-state index in [1.165, 1.54) is 6.33 Å². The average Bonchev–Trinajstić information content (AvgIpc) is 3.30. The monoisotopic (exact) mass is 531 g/mol. The highest BCUT2D eigenvalue weighted by molar-refractivity contribution is 6.42. The van der Waals surface area contributed by atoms with Crippen molar-refractivity contribution in [3.8, 4) is 16.8 Å². The van der Waals surface area contributed by atoms with Crippen LogP contribution in [0.25, 0.3) is 27.8 Å². The molecular formula is C24H23Cl2N5O5. The third-order valence-corrected chi connectivity index (χ3v) is 6.27. The van der Waals surface area contributed by atoms with Gasteiger partial charge >= 0.3 is 0 Å². The summed E-state index contributed by atoms with van der Waals surface area (Å²) in [4.78, 5) is 8.74. The smallest absolute Gasteiger partial charge is 0.159 e. The largest absolute Gasteiger partial charge is 0.394 e. The number of hydrogen-bond donors (Lipinski definition) is 6. The number of hydrogen-bond acceptors (Lipinski definition) is 9. The van der Waals surface area contributed by atoms with Crippen LogP contribution in [0.4, 0.5) is 5.82 Å². The predicted octanol–water partition coefficient (Wildman–Crippen LogP) is 2.23. The van der Waals surface area contributed by atoms with Gasteiger partial charge in [-0.15, -0.1) is 0 Å². The summed E-state index contributed by atoms with van der Waals surface area (Å²) in [6.07, 6.45) is -2.63. The summed E-state index contributed by atoms with van der Waals surface area (Å²) in [5, 5.41) is 53.6. The Hall–Kier alpha value is -3.09. The zero-order valence-corrected chi connectivity index (χ0v) is 20.2. The summed E-state index contributed by atoms with van der Waals surface area (Å²) >= 11 is 12.3. The number of halogens is 2. The molecule has 0 spiro atoms. The number of aliphatic hydroxyl groups excluding tert-OH is 5. The molecule has 0 saturated heterocycles. The van der Waals surface area contributed by atoms with Gasteiger partial charge in [0.15, 0.2) is 11.5 Å². The molecule has 0 amide bonds. The van der Waals surface area contributed by atoms with Crippen LogP contribution in [0.1, 0.15) is 0 Å². The highest BCUT2D eigenvalue weighted by Gasteiger charge is 2.29. The van der Waals surface area contributed by atoms with Crippen LogP contribution in [0, 0.1) is 0 Å². The summed E-state index contributed by atoms with van der Waals surface area (Å²) < 4.78 is 1.84. The van der Waals surface area contributed by atoms with E-state index >= 15 is 0 Å². The first-order valence-corrected chi connectivity index (χ1v) is 11.6. The molecule has 0 saturated carbocycles. The van der Waals surface area contributed by atoms with E-state index in [2.05, 4.69) is 20.5 Å². The first-order chi connectivity index (χ1) is 17.3. The molecule has 0 aliphatic carbocycles. The standard InChI is InChI=1S/C24H23Cl2N5O5/c25-16-7-6-14(8-17(16)26)31-10-15(13-4-2-1-3-5-13)20-23(27-12-28-24(20)31)30-29-9-18(33)21(35)22(36)19(34)11-32/h1-10,12,18-19,21-22,32-36H,11H2,(H,27,28,30)/b29-9+/t18-,19+,21+,22+/m0/s1. The van der Waals surface area contributed by atoms with Crippen molar-refractivity contribution in [2.75, 3.05) is 12.0 Å².